The summed E-state index contributed by atoms with van der Waals surface area (Å²) < 4.78 is 0. The van der Waals surface area contributed by atoms with Crippen molar-refractivity contribution in [3.8, 4) is 0 Å². The van der Waals surface area contributed by atoms with Crippen LogP contribution >= 0.6 is 0 Å². The molecule has 0 saturated heterocycles. The molecule has 2 rings (SSSR count). The fourth-order valence-corrected chi connectivity index (χ4v) is 1.98. The number of allylic oxidation sites excluding steroid dienone is 2. The Balaban J connectivity index is 2.47. The van der Waals surface area contributed by atoms with Crippen molar-refractivity contribution in [2.75, 3.05) is 0 Å². The number of amidine groups is 1. The molecule has 0 bridgehead atoms. The molecular formula is C12H16N2. The van der Waals surface area contributed by atoms with Gasteiger partial charge in [-0.25, -0.2) is 9.98 Å². The van der Waals surface area contributed by atoms with Crippen molar-refractivity contribution in [1.82, 2.24) is 0 Å². The first-order chi connectivity index (χ1) is 6.61. The third kappa shape index (κ3) is 1.26. The fraction of sp³-hybridized carbons (Fsp3) is 0.500. The minimum absolute atomic E-state index is 0.488. The Hall–Kier alpha value is -1.18. The maximum Gasteiger partial charge on any atom is 0.159 e. The smallest absolute Gasteiger partial charge is 0.159 e. The first-order valence-corrected chi connectivity index (χ1v) is 5.19. The summed E-state index contributed by atoms with van der Waals surface area (Å²) in [5.41, 5.74) is 3.84. The minimum atomic E-state index is 0.488. The van der Waals surface area contributed by atoms with Crippen LogP contribution in [0.3, 0.4) is 0 Å². The Bertz CT molecular complexity index is 369. The molecule has 0 radical (unpaired) electrons. The molecular weight excluding hydrogens is 172 g/mol. The third-order valence-electron chi connectivity index (χ3n) is 2.60. The van der Waals surface area contributed by atoms with Crippen molar-refractivity contribution < 1.29 is 0 Å². The highest BCUT2D eigenvalue weighted by Crippen LogP contribution is 2.36. The number of fused-ring (bicyclic) bond motifs is 1. The molecule has 2 heteroatoms. The molecule has 14 heavy (non-hydrogen) atoms. The molecule has 0 N–H and O–H groups in total. The summed E-state index contributed by atoms with van der Waals surface area (Å²) in [6, 6.07) is 0. The van der Waals surface area contributed by atoms with Gasteiger partial charge in [0.1, 0.15) is 0 Å². The zero-order chi connectivity index (χ0) is 10.3. The van der Waals surface area contributed by atoms with Crippen LogP contribution in [0.4, 0.5) is 0 Å². The average molecular weight is 188 g/mol. The lowest BCUT2D eigenvalue weighted by molar-refractivity contribution is 0.704. The molecule has 0 fully saturated rings. The van der Waals surface area contributed by atoms with E-state index in [-0.39, 0.29) is 0 Å². The maximum absolute atomic E-state index is 4.58. The topological polar surface area (TPSA) is 24.7 Å². The van der Waals surface area contributed by atoms with Gasteiger partial charge in [-0.3, -0.25) is 0 Å². The van der Waals surface area contributed by atoms with Gasteiger partial charge in [0.05, 0.1) is 0 Å². The van der Waals surface area contributed by atoms with Crippen LogP contribution in [0.1, 0.15) is 27.7 Å². The van der Waals surface area contributed by atoms with Crippen LogP contribution in [-0.4, -0.2) is 12.1 Å². The maximum atomic E-state index is 4.58. The minimum Gasteiger partial charge on any atom is -0.237 e. The van der Waals surface area contributed by atoms with Crippen molar-refractivity contribution in [3.05, 3.63) is 22.9 Å². The molecule has 2 heterocycles. The van der Waals surface area contributed by atoms with Gasteiger partial charge in [-0.1, -0.05) is 27.7 Å². The van der Waals surface area contributed by atoms with Crippen LogP contribution < -0.4 is 0 Å². The number of hydrogen-bond donors (Lipinski definition) is 0. The number of hydrogen-bond acceptors (Lipinski definition) is 2. The van der Waals surface area contributed by atoms with Gasteiger partial charge in [0.2, 0.25) is 0 Å². The Morgan fingerprint density at radius 3 is 2.36 bits per heavy atom. The lowest BCUT2D eigenvalue weighted by Gasteiger charge is -2.12. The predicted molar refractivity (Wildman–Crippen MR) is 60.7 cm³/mol. The van der Waals surface area contributed by atoms with E-state index in [9.17, 15) is 0 Å². The second-order valence-corrected chi connectivity index (χ2v) is 4.40. The van der Waals surface area contributed by atoms with Crippen LogP contribution in [-0.2, 0) is 0 Å². The molecule has 0 unspecified atom stereocenters. The van der Waals surface area contributed by atoms with Gasteiger partial charge in [0.15, 0.2) is 5.84 Å². The zero-order valence-corrected chi connectivity index (χ0v) is 9.20. The van der Waals surface area contributed by atoms with E-state index in [1.165, 1.54) is 16.8 Å². The van der Waals surface area contributed by atoms with E-state index in [0.717, 1.165) is 5.84 Å². The first-order valence-electron chi connectivity index (χ1n) is 5.19. The first kappa shape index (κ1) is 9.38. The van der Waals surface area contributed by atoms with E-state index in [2.05, 4.69) is 43.8 Å². The van der Waals surface area contributed by atoms with Gasteiger partial charge in [0, 0.05) is 17.5 Å². The lowest BCUT2D eigenvalue weighted by atomic mass is 9.92. The standard InChI is InChI=1S/C12H16N2/c1-7(2)10-9-5-6-13-12(9)14-11(10)8(3)4/h5-8H,1-4H3. The quantitative estimate of drug-likeness (QED) is 0.636. The van der Waals surface area contributed by atoms with Crippen molar-refractivity contribution >= 4 is 12.1 Å². The molecule has 2 nitrogen and oxygen atoms in total. The van der Waals surface area contributed by atoms with Crippen molar-refractivity contribution in [1.29, 1.82) is 0 Å². The van der Waals surface area contributed by atoms with Crippen LogP contribution in [0.2, 0.25) is 0 Å². The molecule has 0 atom stereocenters. The summed E-state index contributed by atoms with van der Waals surface area (Å²) in [5, 5.41) is 0. The molecule has 2 aliphatic heterocycles. The van der Waals surface area contributed by atoms with Gasteiger partial charge < -0.3 is 0 Å². The Morgan fingerprint density at radius 2 is 1.79 bits per heavy atom. The molecule has 0 spiro atoms. The van der Waals surface area contributed by atoms with E-state index >= 15 is 0 Å². The normalized spacial score (nSPS) is 19.6. The van der Waals surface area contributed by atoms with E-state index in [0.29, 0.717) is 11.8 Å². The fourth-order valence-electron chi connectivity index (χ4n) is 1.98. The third-order valence-corrected chi connectivity index (χ3v) is 2.60. The number of rotatable bonds is 2. The molecule has 0 aromatic rings. The van der Waals surface area contributed by atoms with Gasteiger partial charge in [-0.2, -0.15) is 0 Å². The van der Waals surface area contributed by atoms with Gasteiger partial charge >= 0.3 is 0 Å². The number of nitrogens with zero attached hydrogens (tertiary/aromatic N) is 2. The van der Waals surface area contributed by atoms with E-state index < -0.39 is 0 Å². The Morgan fingerprint density at radius 1 is 1.07 bits per heavy atom. The van der Waals surface area contributed by atoms with Crippen molar-refractivity contribution in [3.63, 3.8) is 0 Å². The molecule has 2 aliphatic rings. The lowest BCUT2D eigenvalue weighted by Crippen LogP contribution is -2.02. The van der Waals surface area contributed by atoms with E-state index in [4.69, 9.17) is 0 Å². The van der Waals surface area contributed by atoms with Gasteiger partial charge in [-0.15, -0.1) is 0 Å². The van der Waals surface area contributed by atoms with Crippen LogP contribution in [0.25, 0.3) is 0 Å². The predicted octanol–water partition coefficient (Wildman–Crippen LogP) is 2.98. The summed E-state index contributed by atoms with van der Waals surface area (Å²) in [4.78, 5) is 8.84. The van der Waals surface area contributed by atoms with Crippen LogP contribution in [0.5, 0.6) is 0 Å². The van der Waals surface area contributed by atoms with E-state index in [1.54, 1.807) is 0 Å². The second-order valence-electron chi connectivity index (χ2n) is 4.40. The largest absolute Gasteiger partial charge is 0.237 e. The van der Waals surface area contributed by atoms with Crippen molar-refractivity contribution in [2.45, 2.75) is 27.7 Å². The highest BCUT2D eigenvalue weighted by Gasteiger charge is 2.28. The Labute approximate surface area is 85.2 Å². The summed E-state index contributed by atoms with van der Waals surface area (Å²) >= 11 is 0. The average Bonchev–Trinajstić information content (AvgIpc) is 2.58. The summed E-state index contributed by atoms with van der Waals surface area (Å²) in [6.07, 6.45) is 3.91. The summed E-state index contributed by atoms with van der Waals surface area (Å²) in [7, 11) is 0. The summed E-state index contributed by atoms with van der Waals surface area (Å²) in [6.45, 7) is 8.81. The van der Waals surface area contributed by atoms with Crippen molar-refractivity contribution in [2.24, 2.45) is 21.8 Å². The van der Waals surface area contributed by atoms with E-state index in [1.807, 2.05) is 6.21 Å². The van der Waals surface area contributed by atoms with Crippen LogP contribution in [0, 0.1) is 11.8 Å². The Kier molecular flexibility index (Phi) is 2.14. The summed E-state index contributed by atoms with van der Waals surface area (Å²) in [5.74, 6) is 1.93. The molecule has 0 aliphatic carbocycles. The zero-order valence-electron chi connectivity index (χ0n) is 9.20. The molecule has 0 aromatic heterocycles. The molecule has 0 amide bonds. The van der Waals surface area contributed by atoms with Gasteiger partial charge in [0.25, 0.3) is 0 Å². The monoisotopic (exact) mass is 188 g/mol. The number of aliphatic imine (C=N–C) groups is 2. The van der Waals surface area contributed by atoms with Crippen LogP contribution in [0.15, 0.2) is 32.9 Å². The highest BCUT2D eigenvalue weighted by molar-refractivity contribution is 6.16. The molecule has 0 saturated carbocycles. The highest BCUT2D eigenvalue weighted by atomic mass is 15.0. The molecule has 0 aromatic carbocycles. The van der Waals surface area contributed by atoms with Gasteiger partial charge in [-0.05, 0) is 23.5 Å². The SMILES string of the molecule is CC(C)C1=C(C(C)C)C2=CC=NC2=N1. The molecule has 74 valence electrons. The second kappa shape index (κ2) is 3.19.